The lowest BCUT2D eigenvalue weighted by atomic mass is 10.1. The minimum absolute atomic E-state index is 0.0957. The first-order valence-electron chi connectivity index (χ1n) is 17.2. The van der Waals surface area contributed by atoms with Crippen molar-refractivity contribution in [1.82, 2.24) is 5.43 Å². The van der Waals surface area contributed by atoms with Crippen molar-refractivity contribution in [3.63, 3.8) is 0 Å². The van der Waals surface area contributed by atoms with E-state index in [2.05, 4.69) is 34.7 Å². The average molecular weight is 673 g/mol. The second-order valence-electron chi connectivity index (χ2n) is 12.6. The quantitative estimate of drug-likeness (QED) is 0.136. The fourth-order valence-electron chi connectivity index (χ4n) is 6.75. The Hall–Kier alpha value is -4.00. The summed E-state index contributed by atoms with van der Waals surface area (Å²) < 4.78 is 34.2. The zero-order valence-corrected chi connectivity index (χ0v) is 28.8. The van der Waals surface area contributed by atoms with Crippen molar-refractivity contribution in [3.05, 3.63) is 76.9 Å². The standard InChI is InChI=1S/C38H48N4O7/c1-44-14-15-48-17-16-47-13-12-41(40-30-9-5-6-10-30)31-19-27(25-45-2)18-28(20-31)26-49-37-23-34-33(22-36(37)46-3)38(43)42-32(24-39-34)21-29-8-4-7-11-35(29)42/h4,7-8,11,18-20,22-24,30,32,40H,5-6,9-10,12-17,21,25-26H2,1-3H3/t32-/m0/s1. The molecule has 2 aliphatic heterocycles. The number of para-hydroxylation sites is 1. The van der Waals surface area contributed by atoms with Gasteiger partial charge in [0.25, 0.3) is 5.91 Å². The summed E-state index contributed by atoms with van der Waals surface area (Å²) in [5, 5.41) is 2.19. The van der Waals surface area contributed by atoms with E-state index < -0.39 is 0 Å². The Morgan fingerprint density at radius 2 is 1.61 bits per heavy atom. The molecule has 0 radical (unpaired) electrons. The number of fused-ring (bicyclic) bond motifs is 4. The molecular formula is C38H48N4O7. The second kappa shape index (κ2) is 17.1. The number of benzene rings is 3. The van der Waals surface area contributed by atoms with Gasteiger partial charge in [-0.2, -0.15) is 0 Å². The predicted molar refractivity (Wildman–Crippen MR) is 190 cm³/mol. The number of rotatable bonds is 18. The Morgan fingerprint density at radius 3 is 2.39 bits per heavy atom. The van der Waals surface area contributed by atoms with Crippen molar-refractivity contribution in [3.8, 4) is 11.5 Å². The maximum absolute atomic E-state index is 13.8. The van der Waals surface area contributed by atoms with Crippen LogP contribution in [-0.2, 0) is 38.6 Å². The Morgan fingerprint density at radius 1 is 0.857 bits per heavy atom. The topological polar surface area (TPSA) is 103 Å². The number of hydrogen-bond donors (Lipinski definition) is 1. The highest BCUT2D eigenvalue weighted by molar-refractivity contribution is 6.14. The molecular weight excluding hydrogens is 624 g/mol. The molecule has 1 aliphatic carbocycles. The first kappa shape index (κ1) is 34.8. The number of methoxy groups -OCH3 is 3. The van der Waals surface area contributed by atoms with Crippen LogP contribution in [-0.4, -0.2) is 85.1 Å². The summed E-state index contributed by atoms with van der Waals surface area (Å²) in [7, 11) is 4.95. The number of aliphatic imine (C=N–C) groups is 1. The minimum Gasteiger partial charge on any atom is -0.493 e. The maximum Gasteiger partial charge on any atom is 0.261 e. The van der Waals surface area contributed by atoms with Crippen LogP contribution in [0.2, 0.25) is 0 Å². The van der Waals surface area contributed by atoms with Crippen LogP contribution in [0.5, 0.6) is 11.5 Å². The number of carbonyl (C=O) groups is 1. The lowest BCUT2D eigenvalue weighted by Gasteiger charge is -2.30. The van der Waals surface area contributed by atoms with Gasteiger partial charge in [0, 0.05) is 44.7 Å². The Kier molecular flexibility index (Phi) is 12.2. The molecule has 262 valence electrons. The molecule has 1 N–H and O–H groups in total. The summed E-state index contributed by atoms with van der Waals surface area (Å²) in [6, 6.07) is 18.2. The number of anilines is 2. The van der Waals surface area contributed by atoms with Gasteiger partial charge in [0.05, 0.1) is 76.3 Å². The van der Waals surface area contributed by atoms with Crippen molar-refractivity contribution in [2.24, 2.45) is 4.99 Å². The molecule has 11 heteroatoms. The molecule has 0 unspecified atom stereocenters. The van der Waals surface area contributed by atoms with E-state index in [9.17, 15) is 4.79 Å². The van der Waals surface area contributed by atoms with E-state index in [1.54, 1.807) is 33.5 Å². The van der Waals surface area contributed by atoms with Crippen molar-refractivity contribution in [2.45, 2.75) is 57.4 Å². The summed E-state index contributed by atoms with van der Waals surface area (Å²) >= 11 is 0. The molecule has 1 atom stereocenters. The molecule has 6 rings (SSSR count). The van der Waals surface area contributed by atoms with Crippen LogP contribution in [0.15, 0.2) is 59.6 Å². The summed E-state index contributed by atoms with van der Waals surface area (Å²) in [6.07, 6.45) is 7.35. The van der Waals surface area contributed by atoms with Crippen molar-refractivity contribution in [2.75, 3.05) is 70.8 Å². The predicted octanol–water partition coefficient (Wildman–Crippen LogP) is 5.64. The smallest absolute Gasteiger partial charge is 0.261 e. The molecule has 3 aromatic rings. The highest BCUT2D eigenvalue weighted by Gasteiger charge is 2.36. The molecule has 49 heavy (non-hydrogen) atoms. The fourth-order valence-corrected chi connectivity index (χ4v) is 6.75. The first-order valence-corrected chi connectivity index (χ1v) is 17.2. The Bertz CT molecular complexity index is 1590. The molecule has 2 heterocycles. The highest BCUT2D eigenvalue weighted by atomic mass is 16.5. The summed E-state index contributed by atoms with van der Waals surface area (Å²) in [5.74, 6) is 0.908. The van der Waals surface area contributed by atoms with Gasteiger partial charge < -0.3 is 33.4 Å². The molecule has 0 saturated heterocycles. The molecule has 0 spiro atoms. The third kappa shape index (κ3) is 8.60. The van der Waals surface area contributed by atoms with Gasteiger partial charge >= 0.3 is 0 Å². The molecule has 1 fully saturated rings. The molecule has 3 aromatic carbocycles. The van der Waals surface area contributed by atoms with Crippen LogP contribution in [0.4, 0.5) is 17.1 Å². The zero-order chi connectivity index (χ0) is 34.0. The number of nitrogens with one attached hydrogen (secondary N) is 1. The lowest BCUT2D eigenvalue weighted by molar-refractivity contribution is 0.0261. The highest BCUT2D eigenvalue weighted by Crippen LogP contribution is 2.41. The molecule has 11 nitrogen and oxygen atoms in total. The van der Waals surface area contributed by atoms with E-state index in [4.69, 9.17) is 33.4 Å². The van der Waals surface area contributed by atoms with Crippen molar-refractivity contribution < 1.29 is 33.2 Å². The average Bonchev–Trinajstić information content (AvgIpc) is 3.75. The van der Waals surface area contributed by atoms with Gasteiger partial charge in [-0.15, -0.1) is 0 Å². The van der Waals surface area contributed by atoms with Gasteiger partial charge in [-0.05, 0) is 59.9 Å². The van der Waals surface area contributed by atoms with E-state index in [-0.39, 0.29) is 18.6 Å². The SMILES string of the molecule is COCCOCCOCCN(NC1CCCC1)c1cc(COC)cc(COc2cc3c(cc2OC)C(=O)N2c4ccccc4C[C@H]2C=N3)c1. The fraction of sp³-hybridized carbons (Fsp3) is 0.474. The summed E-state index contributed by atoms with van der Waals surface area (Å²) in [6.45, 7) is 4.14. The number of nitrogens with zero attached hydrogens (tertiary/aromatic N) is 3. The van der Waals surface area contributed by atoms with Gasteiger partial charge in [0.1, 0.15) is 6.61 Å². The number of hydrazine groups is 1. The van der Waals surface area contributed by atoms with Crippen LogP contribution in [0.1, 0.15) is 52.7 Å². The van der Waals surface area contributed by atoms with E-state index in [0.29, 0.717) is 75.0 Å². The normalized spacial score (nSPS) is 16.8. The van der Waals surface area contributed by atoms with Crippen molar-refractivity contribution in [1.29, 1.82) is 0 Å². The van der Waals surface area contributed by atoms with E-state index >= 15 is 0 Å². The maximum atomic E-state index is 13.8. The third-order valence-electron chi connectivity index (χ3n) is 9.14. The van der Waals surface area contributed by atoms with Gasteiger partial charge in [0.2, 0.25) is 0 Å². The lowest BCUT2D eigenvalue weighted by Crippen LogP contribution is -2.45. The first-order chi connectivity index (χ1) is 24.1. The van der Waals surface area contributed by atoms with Crippen LogP contribution < -0.4 is 24.8 Å². The van der Waals surface area contributed by atoms with Crippen LogP contribution in [0.25, 0.3) is 0 Å². The van der Waals surface area contributed by atoms with Gasteiger partial charge in [-0.1, -0.05) is 31.0 Å². The van der Waals surface area contributed by atoms with E-state index in [0.717, 1.165) is 47.3 Å². The number of carbonyl (C=O) groups excluding carboxylic acids is 1. The van der Waals surface area contributed by atoms with E-state index in [1.807, 2.05) is 29.3 Å². The van der Waals surface area contributed by atoms with Crippen molar-refractivity contribution >= 4 is 29.2 Å². The monoisotopic (exact) mass is 672 g/mol. The largest absolute Gasteiger partial charge is 0.493 e. The second-order valence-corrected chi connectivity index (χ2v) is 12.6. The Labute approximate surface area is 289 Å². The van der Waals surface area contributed by atoms with Crippen LogP contribution in [0.3, 0.4) is 0 Å². The summed E-state index contributed by atoms with van der Waals surface area (Å²) in [5.41, 5.74) is 9.92. The molecule has 1 amide bonds. The molecule has 1 saturated carbocycles. The van der Waals surface area contributed by atoms with Gasteiger partial charge in [-0.25, -0.2) is 5.43 Å². The molecule has 3 aliphatic rings. The number of amides is 1. The van der Waals surface area contributed by atoms with Crippen LogP contribution in [0, 0.1) is 0 Å². The van der Waals surface area contributed by atoms with E-state index in [1.165, 1.54) is 12.8 Å². The minimum atomic E-state index is -0.130. The third-order valence-corrected chi connectivity index (χ3v) is 9.14. The molecule has 0 bridgehead atoms. The number of hydrogen-bond acceptors (Lipinski definition) is 10. The Balaban J connectivity index is 1.18. The summed E-state index contributed by atoms with van der Waals surface area (Å²) in [4.78, 5) is 20.4. The zero-order valence-electron chi connectivity index (χ0n) is 28.8. The van der Waals surface area contributed by atoms with Crippen LogP contribution >= 0.6 is 0 Å². The van der Waals surface area contributed by atoms with Gasteiger partial charge in [0.15, 0.2) is 11.5 Å². The van der Waals surface area contributed by atoms with Gasteiger partial charge in [-0.3, -0.25) is 14.7 Å². The molecule has 0 aromatic heterocycles. The number of ether oxygens (including phenoxy) is 6.